The molecular weight excluding hydrogens is 250 g/mol. The van der Waals surface area contributed by atoms with Crippen molar-refractivity contribution < 1.29 is 23.8 Å². The number of carboxylic acid groups (broad SMARTS) is 1. The molecule has 6 nitrogen and oxygen atoms in total. The SMILES string of the molecule is Cc1ccc(C(=O)NC(C(=O)O)C2CCCOC2)o1. The number of aliphatic carboxylic acids is 1. The zero-order chi connectivity index (χ0) is 13.8. The molecule has 19 heavy (non-hydrogen) atoms. The van der Waals surface area contributed by atoms with Gasteiger partial charge in [0.15, 0.2) is 5.76 Å². The Morgan fingerprint density at radius 1 is 1.47 bits per heavy atom. The van der Waals surface area contributed by atoms with Gasteiger partial charge in [0.05, 0.1) is 6.61 Å². The largest absolute Gasteiger partial charge is 0.480 e. The number of ether oxygens (including phenoxy) is 1. The van der Waals surface area contributed by atoms with Crippen LogP contribution in [0.25, 0.3) is 0 Å². The summed E-state index contributed by atoms with van der Waals surface area (Å²) in [5.41, 5.74) is 0. The summed E-state index contributed by atoms with van der Waals surface area (Å²) in [5.74, 6) is -1.03. The van der Waals surface area contributed by atoms with Gasteiger partial charge >= 0.3 is 5.97 Å². The minimum atomic E-state index is -1.05. The van der Waals surface area contributed by atoms with Gasteiger partial charge in [0, 0.05) is 12.5 Å². The molecule has 6 heteroatoms. The maximum Gasteiger partial charge on any atom is 0.326 e. The molecule has 0 radical (unpaired) electrons. The van der Waals surface area contributed by atoms with Crippen LogP contribution < -0.4 is 5.32 Å². The minimum Gasteiger partial charge on any atom is -0.480 e. The molecule has 0 saturated carbocycles. The van der Waals surface area contributed by atoms with Gasteiger partial charge < -0.3 is 19.6 Å². The van der Waals surface area contributed by atoms with Crippen molar-refractivity contribution in [1.29, 1.82) is 0 Å². The fourth-order valence-corrected chi connectivity index (χ4v) is 2.18. The van der Waals surface area contributed by atoms with E-state index in [1.165, 1.54) is 6.07 Å². The molecule has 2 atom stereocenters. The quantitative estimate of drug-likeness (QED) is 0.855. The maximum absolute atomic E-state index is 11.9. The first-order valence-corrected chi connectivity index (χ1v) is 6.26. The molecule has 2 heterocycles. The third kappa shape index (κ3) is 3.35. The van der Waals surface area contributed by atoms with Crippen molar-refractivity contribution in [2.24, 2.45) is 5.92 Å². The Bertz CT molecular complexity index is 461. The molecular formula is C13H17NO5. The zero-order valence-electron chi connectivity index (χ0n) is 10.7. The standard InChI is InChI=1S/C13H17NO5/c1-8-4-5-10(19-8)12(15)14-11(13(16)17)9-3-2-6-18-7-9/h4-5,9,11H,2-3,6-7H2,1H3,(H,14,15)(H,16,17). The molecule has 2 rings (SSSR count). The minimum absolute atomic E-state index is 0.125. The molecule has 1 fully saturated rings. The third-order valence-electron chi connectivity index (χ3n) is 3.18. The fourth-order valence-electron chi connectivity index (χ4n) is 2.18. The number of hydrogen-bond acceptors (Lipinski definition) is 4. The topological polar surface area (TPSA) is 88.8 Å². The highest BCUT2D eigenvalue weighted by molar-refractivity contribution is 5.94. The lowest BCUT2D eigenvalue weighted by Crippen LogP contribution is -2.48. The highest BCUT2D eigenvalue weighted by Crippen LogP contribution is 2.18. The van der Waals surface area contributed by atoms with Gasteiger partial charge in [-0.25, -0.2) is 4.79 Å². The second-order valence-corrected chi connectivity index (χ2v) is 4.68. The number of rotatable bonds is 4. The van der Waals surface area contributed by atoms with Crippen LogP contribution in [0.1, 0.15) is 29.2 Å². The molecule has 2 unspecified atom stereocenters. The molecule has 1 aromatic rings. The van der Waals surface area contributed by atoms with E-state index in [9.17, 15) is 14.7 Å². The van der Waals surface area contributed by atoms with Crippen LogP contribution in [-0.4, -0.2) is 36.2 Å². The van der Waals surface area contributed by atoms with E-state index < -0.39 is 17.9 Å². The second-order valence-electron chi connectivity index (χ2n) is 4.68. The molecule has 1 aromatic heterocycles. The smallest absolute Gasteiger partial charge is 0.326 e. The van der Waals surface area contributed by atoms with Crippen LogP contribution in [0.5, 0.6) is 0 Å². The number of furan rings is 1. The molecule has 1 amide bonds. The van der Waals surface area contributed by atoms with Crippen LogP contribution in [0.3, 0.4) is 0 Å². The third-order valence-corrected chi connectivity index (χ3v) is 3.18. The van der Waals surface area contributed by atoms with Crippen molar-refractivity contribution >= 4 is 11.9 Å². The lowest BCUT2D eigenvalue weighted by Gasteiger charge is -2.27. The van der Waals surface area contributed by atoms with Crippen molar-refractivity contribution in [2.45, 2.75) is 25.8 Å². The van der Waals surface area contributed by atoms with Crippen molar-refractivity contribution in [3.63, 3.8) is 0 Å². The Balaban J connectivity index is 2.04. The van der Waals surface area contributed by atoms with E-state index in [1.807, 2.05) is 0 Å². The summed E-state index contributed by atoms with van der Waals surface area (Å²) in [6.07, 6.45) is 1.54. The van der Waals surface area contributed by atoms with E-state index in [0.717, 1.165) is 12.8 Å². The van der Waals surface area contributed by atoms with Gasteiger partial charge in [-0.05, 0) is 31.9 Å². The monoisotopic (exact) mass is 267 g/mol. The summed E-state index contributed by atoms with van der Waals surface area (Å²) in [6.45, 7) is 2.73. The summed E-state index contributed by atoms with van der Waals surface area (Å²) in [6, 6.07) is 2.24. The van der Waals surface area contributed by atoms with Crippen LogP contribution in [0.15, 0.2) is 16.5 Å². The van der Waals surface area contributed by atoms with E-state index >= 15 is 0 Å². The molecule has 0 aromatic carbocycles. The molecule has 1 aliphatic rings. The van der Waals surface area contributed by atoms with Gasteiger partial charge in [0.25, 0.3) is 5.91 Å². The lowest BCUT2D eigenvalue weighted by molar-refractivity contribution is -0.142. The number of carbonyl (C=O) groups excluding carboxylic acids is 1. The first kappa shape index (κ1) is 13.6. The molecule has 104 valence electrons. The Morgan fingerprint density at radius 2 is 2.26 bits per heavy atom. The number of hydrogen-bond donors (Lipinski definition) is 2. The molecule has 1 saturated heterocycles. The van der Waals surface area contributed by atoms with E-state index in [0.29, 0.717) is 19.0 Å². The Morgan fingerprint density at radius 3 is 2.79 bits per heavy atom. The summed E-state index contributed by atoms with van der Waals surface area (Å²) in [4.78, 5) is 23.2. The highest BCUT2D eigenvalue weighted by Gasteiger charge is 2.32. The summed E-state index contributed by atoms with van der Waals surface area (Å²) in [7, 11) is 0. The highest BCUT2D eigenvalue weighted by atomic mass is 16.5. The van der Waals surface area contributed by atoms with Gasteiger partial charge in [-0.2, -0.15) is 0 Å². The van der Waals surface area contributed by atoms with Crippen molar-refractivity contribution in [2.75, 3.05) is 13.2 Å². The van der Waals surface area contributed by atoms with Crippen molar-refractivity contribution in [3.8, 4) is 0 Å². The number of amides is 1. The first-order valence-electron chi connectivity index (χ1n) is 6.26. The Hall–Kier alpha value is -1.82. The average molecular weight is 267 g/mol. The Labute approximate surface area is 110 Å². The van der Waals surface area contributed by atoms with Crippen LogP contribution >= 0.6 is 0 Å². The van der Waals surface area contributed by atoms with Crippen LogP contribution in [0, 0.1) is 12.8 Å². The summed E-state index contributed by atoms with van der Waals surface area (Å²) < 4.78 is 10.4. The van der Waals surface area contributed by atoms with Gasteiger partial charge in [-0.15, -0.1) is 0 Å². The second kappa shape index (κ2) is 5.88. The molecule has 1 aliphatic heterocycles. The number of aryl methyl sites for hydroxylation is 1. The van der Waals surface area contributed by atoms with Gasteiger partial charge in [0.1, 0.15) is 11.8 Å². The average Bonchev–Trinajstić information content (AvgIpc) is 2.83. The molecule has 0 aliphatic carbocycles. The number of nitrogens with one attached hydrogen (secondary N) is 1. The van der Waals surface area contributed by atoms with Crippen molar-refractivity contribution in [3.05, 3.63) is 23.7 Å². The predicted molar refractivity (Wildman–Crippen MR) is 65.9 cm³/mol. The van der Waals surface area contributed by atoms with E-state index in [1.54, 1.807) is 13.0 Å². The normalized spacial score (nSPS) is 20.8. The predicted octanol–water partition coefficient (Wildman–Crippen LogP) is 1.20. The van der Waals surface area contributed by atoms with Gasteiger partial charge in [0.2, 0.25) is 0 Å². The number of carbonyl (C=O) groups is 2. The molecule has 0 bridgehead atoms. The first-order chi connectivity index (χ1) is 9.08. The number of carboxylic acids is 1. The zero-order valence-corrected chi connectivity index (χ0v) is 10.7. The molecule has 0 spiro atoms. The van der Waals surface area contributed by atoms with Gasteiger partial charge in [-0.3, -0.25) is 4.79 Å². The van der Waals surface area contributed by atoms with E-state index in [4.69, 9.17) is 9.15 Å². The fraction of sp³-hybridized carbons (Fsp3) is 0.538. The summed E-state index contributed by atoms with van der Waals surface area (Å²) in [5, 5.41) is 11.7. The maximum atomic E-state index is 11.9. The lowest BCUT2D eigenvalue weighted by atomic mass is 9.93. The van der Waals surface area contributed by atoms with Crippen LogP contribution in [0.2, 0.25) is 0 Å². The summed E-state index contributed by atoms with van der Waals surface area (Å²) >= 11 is 0. The van der Waals surface area contributed by atoms with Crippen molar-refractivity contribution in [1.82, 2.24) is 5.32 Å². The van der Waals surface area contributed by atoms with Crippen LogP contribution in [-0.2, 0) is 9.53 Å². The van der Waals surface area contributed by atoms with E-state index in [2.05, 4.69) is 5.32 Å². The van der Waals surface area contributed by atoms with Gasteiger partial charge in [-0.1, -0.05) is 0 Å². The Kier molecular flexibility index (Phi) is 4.21. The van der Waals surface area contributed by atoms with E-state index in [-0.39, 0.29) is 11.7 Å². The van der Waals surface area contributed by atoms with Crippen LogP contribution in [0.4, 0.5) is 0 Å². The molecule has 2 N–H and O–H groups in total.